The number of aryl methyl sites for hydroxylation is 1. The zero-order chi connectivity index (χ0) is 11.3. The van der Waals surface area contributed by atoms with Crippen molar-refractivity contribution in [1.29, 1.82) is 0 Å². The molecule has 1 aromatic rings. The van der Waals surface area contributed by atoms with Gasteiger partial charge in [0.2, 0.25) is 0 Å². The smallest absolute Gasteiger partial charge is 0.132 e. The Balaban J connectivity index is 2.78. The molecule has 0 aliphatic carbocycles. The molecule has 4 nitrogen and oxygen atoms in total. The van der Waals surface area contributed by atoms with Crippen LogP contribution < -0.4 is 10.6 Å². The predicted molar refractivity (Wildman–Crippen MR) is 62.9 cm³/mol. The number of hydrogen-bond acceptors (Lipinski definition) is 4. The van der Waals surface area contributed by atoms with Gasteiger partial charge in [-0.05, 0) is 12.8 Å². The molecular weight excluding hydrogens is 188 g/mol. The fourth-order valence-corrected chi connectivity index (χ4v) is 1.51. The third-order valence-corrected chi connectivity index (χ3v) is 2.10. The van der Waals surface area contributed by atoms with E-state index in [4.69, 9.17) is 5.73 Å². The van der Waals surface area contributed by atoms with Gasteiger partial charge < -0.3 is 10.6 Å². The van der Waals surface area contributed by atoms with Crippen molar-refractivity contribution >= 4 is 5.82 Å². The largest absolute Gasteiger partial charge is 0.355 e. The quantitative estimate of drug-likeness (QED) is 0.790. The summed E-state index contributed by atoms with van der Waals surface area (Å²) in [4.78, 5) is 10.6. The Morgan fingerprint density at radius 1 is 1.40 bits per heavy atom. The molecule has 1 heterocycles. The summed E-state index contributed by atoms with van der Waals surface area (Å²) in [5, 5.41) is 0. The van der Waals surface area contributed by atoms with E-state index in [0.29, 0.717) is 12.5 Å². The lowest BCUT2D eigenvalue weighted by atomic mass is 10.2. The van der Waals surface area contributed by atoms with Crippen molar-refractivity contribution < 1.29 is 0 Å². The molecule has 0 spiro atoms. The molecule has 0 saturated carbocycles. The first-order chi connectivity index (χ1) is 7.13. The first-order valence-electron chi connectivity index (χ1n) is 5.37. The molecule has 0 saturated heterocycles. The molecule has 0 aromatic carbocycles. The van der Waals surface area contributed by atoms with E-state index in [-0.39, 0.29) is 0 Å². The van der Waals surface area contributed by atoms with Crippen LogP contribution >= 0.6 is 0 Å². The van der Waals surface area contributed by atoms with E-state index >= 15 is 0 Å². The maximum absolute atomic E-state index is 5.60. The van der Waals surface area contributed by atoms with Gasteiger partial charge in [-0.15, -0.1) is 0 Å². The Labute approximate surface area is 91.5 Å². The second kappa shape index (κ2) is 5.66. The molecule has 0 unspecified atom stereocenters. The fourth-order valence-electron chi connectivity index (χ4n) is 1.51. The minimum atomic E-state index is 0.604. The Hall–Kier alpha value is -1.16. The predicted octanol–water partition coefficient (Wildman–Crippen LogP) is 1.21. The van der Waals surface area contributed by atoms with Crippen LogP contribution in [0.2, 0.25) is 0 Å². The lowest BCUT2D eigenvalue weighted by Crippen LogP contribution is -2.33. The highest BCUT2D eigenvalue weighted by molar-refractivity contribution is 5.38. The Kier molecular flexibility index (Phi) is 4.49. The van der Waals surface area contributed by atoms with Gasteiger partial charge in [0.05, 0.1) is 0 Å². The molecule has 1 aromatic heterocycles. The number of anilines is 1. The van der Waals surface area contributed by atoms with Gasteiger partial charge in [0.15, 0.2) is 0 Å². The second-order valence-corrected chi connectivity index (χ2v) is 4.15. The Bertz CT molecular complexity index is 298. The van der Waals surface area contributed by atoms with Crippen LogP contribution in [0.4, 0.5) is 5.82 Å². The van der Waals surface area contributed by atoms with Crippen LogP contribution in [0.5, 0.6) is 0 Å². The Morgan fingerprint density at radius 3 is 2.67 bits per heavy atom. The number of nitrogens with two attached hydrogens (primary N) is 1. The standard InChI is InChI=1S/C11H20N4/c1-9(2)7-15(5-4-12)11-6-10(3)13-8-14-11/h6,8-9H,4-5,7,12H2,1-3H3. The first kappa shape index (κ1) is 11.9. The van der Waals surface area contributed by atoms with Gasteiger partial charge in [0.25, 0.3) is 0 Å². The van der Waals surface area contributed by atoms with E-state index in [2.05, 4.69) is 28.7 Å². The third-order valence-electron chi connectivity index (χ3n) is 2.10. The third kappa shape index (κ3) is 3.83. The molecule has 84 valence electrons. The summed E-state index contributed by atoms with van der Waals surface area (Å²) in [6.45, 7) is 8.83. The monoisotopic (exact) mass is 208 g/mol. The SMILES string of the molecule is Cc1cc(N(CCN)CC(C)C)ncn1. The maximum Gasteiger partial charge on any atom is 0.132 e. The van der Waals surface area contributed by atoms with Gasteiger partial charge in [0, 0.05) is 31.4 Å². The highest BCUT2D eigenvalue weighted by atomic mass is 15.2. The van der Waals surface area contributed by atoms with Gasteiger partial charge in [0.1, 0.15) is 12.1 Å². The highest BCUT2D eigenvalue weighted by Crippen LogP contribution is 2.12. The summed E-state index contributed by atoms with van der Waals surface area (Å²) in [5.41, 5.74) is 6.59. The molecule has 0 aliphatic heterocycles. The molecule has 2 N–H and O–H groups in total. The zero-order valence-electron chi connectivity index (χ0n) is 9.77. The molecule has 0 amide bonds. The average molecular weight is 208 g/mol. The summed E-state index contributed by atoms with van der Waals surface area (Å²) < 4.78 is 0. The summed E-state index contributed by atoms with van der Waals surface area (Å²) in [5.74, 6) is 1.58. The van der Waals surface area contributed by atoms with Crippen LogP contribution in [0.15, 0.2) is 12.4 Å². The lowest BCUT2D eigenvalue weighted by molar-refractivity contribution is 0.606. The van der Waals surface area contributed by atoms with E-state index < -0.39 is 0 Å². The fraction of sp³-hybridized carbons (Fsp3) is 0.636. The number of rotatable bonds is 5. The number of nitrogens with zero attached hydrogens (tertiary/aromatic N) is 3. The van der Waals surface area contributed by atoms with Gasteiger partial charge in [-0.1, -0.05) is 13.8 Å². The van der Waals surface area contributed by atoms with Crippen molar-refractivity contribution in [1.82, 2.24) is 9.97 Å². The van der Waals surface area contributed by atoms with E-state index in [1.165, 1.54) is 0 Å². The van der Waals surface area contributed by atoms with E-state index in [1.807, 2.05) is 13.0 Å². The molecular formula is C11H20N4. The first-order valence-corrected chi connectivity index (χ1v) is 5.37. The highest BCUT2D eigenvalue weighted by Gasteiger charge is 2.08. The van der Waals surface area contributed by atoms with Crippen LogP contribution in [0.1, 0.15) is 19.5 Å². The van der Waals surface area contributed by atoms with Gasteiger partial charge in [-0.3, -0.25) is 0 Å². The molecule has 0 fully saturated rings. The minimum Gasteiger partial charge on any atom is -0.355 e. The molecule has 0 aliphatic rings. The zero-order valence-corrected chi connectivity index (χ0v) is 9.77. The van der Waals surface area contributed by atoms with E-state index in [0.717, 1.165) is 24.6 Å². The topological polar surface area (TPSA) is 55.0 Å². The summed E-state index contributed by atoms with van der Waals surface area (Å²) in [6, 6.07) is 2.00. The van der Waals surface area contributed by atoms with Crippen LogP contribution in [-0.4, -0.2) is 29.6 Å². The second-order valence-electron chi connectivity index (χ2n) is 4.15. The van der Waals surface area contributed by atoms with Crippen molar-refractivity contribution in [2.75, 3.05) is 24.5 Å². The minimum absolute atomic E-state index is 0.604. The van der Waals surface area contributed by atoms with Crippen molar-refractivity contribution in [2.24, 2.45) is 11.7 Å². The van der Waals surface area contributed by atoms with Crippen molar-refractivity contribution in [3.05, 3.63) is 18.1 Å². The average Bonchev–Trinajstić information content (AvgIpc) is 2.16. The van der Waals surface area contributed by atoms with Crippen LogP contribution in [0.3, 0.4) is 0 Å². The van der Waals surface area contributed by atoms with Crippen molar-refractivity contribution in [3.8, 4) is 0 Å². The van der Waals surface area contributed by atoms with Crippen molar-refractivity contribution in [2.45, 2.75) is 20.8 Å². The summed E-state index contributed by atoms with van der Waals surface area (Å²) in [6.07, 6.45) is 1.61. The molecule has 0 atom stereocenters. The molecule has 4 heteroatoms. The molecule has 15 heavy (non-hydrogen) atoms. The van der Waals surface area contributed by atoms with Crippen LogP contribution in [0, 0.1) is 12.8 Å². The van der Waals surface area contributed by atoms with Gasteiger partial charge >= 0.3 is 0 Å². The van der Waals surface area contributed by atoms with Crippen molar-refractivity contribution in [3.63, 3.8) is 0 Å². The van der Waals surface area contributed by atoms with Gasteiger partial charge in [-0.2, -0.15) is 0 Å². The van der Waals surface area contributed by atoms with Gasteiger partial charge in [-0.25, -0.2) is 9.97 Å². The molecule has 0 radical (unpaired) electrons. The van der Waals surface area contributed by atoms with Crippen LogP contribution in [0.25, 0.3) is 0 Å². The summed E-state index contributed by atoms with van der Waals surface area (Å²) in [7, 11) is 0. The molecule has 1 rings (SSSR count). The number of hydrogen-bond donors (Lipinski definition) is 1. The maximum atomic E-state index is 5.60. The normalized spacial score (nSPS) is 10.7. The van der Waals surface area contributed by atoms with E-state index in [1.54, 1.807) is 6.33 Å². The van der Waals surface area contributed by atoms with E-state index in [9.17, 15) is 0 Å². The summed E-state index contributed by atoms with van der Waals surface area (Å²) >= 11 is 0. The Morgan fingerprint density at radius 2 is 2.13 bits per heavy atom. The molecule has 0 bridgehead atoms. The lowest BCUT2D eigenvalue weighted by Gasteiger charge is -2.24. The van der Waals surface area contributed by atoms with Crippen LogP contribution in [-0.2, 0) is 0 Å². The number of aromatic nitrogens is 2.